The quantitative estimate of drug-likeness (QED) is 0.446. The minimum atomic E-state index is -0.910. The molecule has 0 radical (unpaired) electrons. The molecular weight excluding hydrogens is 511 g/mol. The number of Topliss-reactive ketones (excluding diaryl/α,β-unsaturated/α-hetero) is 1. The van der Waals surface area contributed by atoms with E-state index in [2.05, 4.69) is 22.3 Å². The fraction of sp³-hybridized carbons (Fsp3) is 0.280. The molecule has 9 heteroatoms. The van der Waals surface area contributed by atoms with E-state index < -0.39 is 10.8 Å². The molecule has 2 aliphatic rings. The number of ketones is 1. The lowest BCUT2D eigenvalue weighted by atomic mass is 9.77. The van der Waals surface area contributed by atoms with Crippen LogP contribution in [0.4, 0.5) is 5.69 Å². The van der Waals surface area contributed by atoms with E-state index in [0.29, 0.717) is 28.2 Å². The number of benzene rings is 2. The average molecular weight is 534 g/mol. The van der Waals surface area contributed by atoms with E-state index in [1.807, 2.05) is 29.0 Å². The molecule has 5 rings (SSSR count). The van der Waals surface area contributed by atoms with Crippen LogP contribution in [-0.4, -0.2) is 43.2 Å². The van der Waals surface area contributed by atoms with Gasteiger partial charge in [0, 0.05) is 35.1 Å². The van der Waals surface area contributed by atoms with Gasteiger partial charge in [0.2, 0.25) is 5.91 Å². The summed E-state index contributed by atoms with van der Waals surface area (Å²) < 4.78 is 5.45. The van der Waals surface area contributed by atoms with E-state index in [0.717, 1.165) is 41.7 Å². The molecule has 2 aliphatic heterocycles. The Hall–Kier alpha value is -2.03. The largest absolute Gasteiger partial charge is 0.378 e. The number of thioether (sulfide) groups is 1. The van der Waals surface area contributed by atoms with Crippen LogP contribution in [0, 0.1) is 0 Å². The molecule has 0 unspecified atom stereocenters. The van der Waals surface area contributed by atoms with Crippen molar-refractivity contribution in [1.82, 2.24) is 5.32 Å². The van der Waals surface area contributed by atoms with Gasteiger partial charge in [-0.15, -0.1) is 11.8 Å². The van der Waals surface area contributed by atoms with Crippen molar-refractivity contribution in [3.8, 4) is 0 Å². The molecule has 3 heterocycles. The third kappa shape index (κ3) is 4.60. The van der Waals surface area contributed by atoms with Gasteiger partial charge in [-0.1, -0.05) is 35.3 Å². The second-order valence-corrected chi connectivity index (χ2v) is 11.0. The van der Waals surface area contributed by atoms with Gasteiger partial charge >= 0.3 is 0 Å². The number of halogens is 2. The lowest BCUT2D eigenvalue weighted by Gasteiger charge is -2.40. The van der Waals surface area contributed by atoms with Crippen molar-refractivity contribution in [1.29, 1.82) is 0 Å². The number of piperidine rings is 1. The topological polar surface area (TPSA) is 58.6 Å². The van der Waals surface area contributed by atoms with Crippen LogP contribution in [0.3, 0.4) is 0 Å². The number of ether oxygens (including phenoxy) is 1. The summed E-state index contributed by atoms with van der Waals surface area (Å²) in [6.07, 6.45) is 0.155. The van der Waals surface area contributed by atoms with E-state index >= 15 is 0 Å². The molecular formula is C25H22Cl2N2O3S2. The maximum atomic E-state index is 13.4. The molecule has 0 saturated carbocycles. The standard InChI is InChI=1S/C25H22Cl2N2O3S2/c26-18-3-6-20(27)22(13-18)34-23-21(30)14-25(28-24(23)31,17-7-12-33-15-17)16-1-4-19(5-2-16)29-8-10-32-11-9-29/h1-7,12-13,15,23H,8-11,14H2,(H,28,31)/t23-,25+/m0/s1. The van der Waals surface area contributed by atoms with Gasteiger partial charge in [0.05, 0.1) is 23.8 Å². The van der Waals surface area contributed by atoms with Gasteiger partial charge in [-0.2, -0.15) is 11.3 Å². The van der Waals surface area contributed by atoms with Crippen molar-refractivity contribution in [2.24, 2.45) is 0 Å². The first-order valence-electron chi connectivity index (χ1n) is 10.9. The van der Waals surface area contributed by atoms with Crippen LogP contribution < -0.4 is 10.2 Å². The Balaban J connectivity index is 1.45. The monoisotopic (exact) mass is 532 g/mol. The van der Waals surface area contributed by atoms with Crippen LogP contribution in [-0.2, 0) is 19.9 Å². The van der Waals surface area contributed by atoms with Gasteiger partial charge < -0.3 is 15.0 Å². The van der Waals surface area contributed by atoms with Crippen LogP contribution in [0.2, 0.25) is 10.0 Å². The third-order valence-electron chi connectivity index (χ3n) is 6.19. The molecule has 0 spiro atoms. The third-order valence-corrected chi connectivity index (χ3v) is 8.86. The van der Waals surface area contributed by atoms with Gasteiger partial charge in [-0.25, -0.2) is 0 Å². The number of nitrogens with one attached hydrogen (secondary N) is 1. The van der Waals surface area contributed by atoms with Crippen LogP contribution in [0.25, 0.3) is 0 Å². The van der Waals surface area contributed by atoms with Crippen molar-refractivity contribution in [2.45, 2.75) is 22.1 Å². The summed E-state index contributed by atoms with van der Waals surface area (Å²) in [6, 6.07) is 15.1. The van der Waals surface area contributed by atoms with E-state index in [1.165, 1.54) is 11.3 Å². The predicted octanol–water partition coefficient (Wildman–Crippen LogP) is 5.39. The zero-order valence-electron chi connectivity index (χ0n) is 18.1. The number of hydrogen-bond donors (Lipinski definition) is 1. The van der Waals surface area contributed by atoms with Gasteiger partial charge in [0.15, 0.2) is 5.78 Å². The highest BCUT2D eigenvalue weighted by atomic mass is 35.5. The molecule has 1 amide bonds. The van der Waals surface area contributed by atoms with E-state index in [4.69, 9.17) is 27.9 Å². The van der Waals surface area contributed by atoms with Crippen LogP contribution in [0.5, 0.6) is 0 Å². The number of carbonyl (C=O) groups excluding carboxylic acids is 2. The Morgan fingerprint density at radius 2 is 1.79 bits per heavy atom. The average Bonchev–Trinajstić information content (AvgIpc) is 3.40. The Kier molecular flexibility index (Phi) is 6.91. The summed E-state index contributed by atoms with van der Waals surface area (Å²) in [4.78, 5) is 29.7. The Bertz CT molecular complexity index is 1180. The molecule has 176 valence electrons. The fourth-order valence-electron chi connectivity index (χ4n) is 4.43. The van der Waals surface area contributed by atoms with Gasteiger partial charge in [0.1, 0.15) is 5.25 Å². The Morgan fingerprint density at radius 1 is 1.03 bits per heavy atom. The molecule has 2 aromatic carbocycles. The van der Waals surface area contributed by atoms with E-state index in [1.54, 1.807) is 18.2 Å². The number of amides is 1. The minimum absolute atomic E-state index is 0.145. The number of morpholine rings is 1. The first-order valence-corrected chi connectivity index (χ1v) is 13.5. The fourth-order valence-corrected chi connectivity index (χ4v) is 6.66. The number of hydrogen-bond acceptors (Lipinski definition) is 6. The molecule has 0 bridgehead atoms. The highest BCUT2D eigenvalue weighted by Gasteiger charge is 2.47. The first-order chi connectivity index (χ1) is 16.5. The lowest BCUT2D eigenvalue weighted by molar-refractivity contribution is -0.132. The van der Waals surface area contributed by atoms with Gasteiger partial charge in [0.25, 0.3) is 0 Å². The molecule has 5 nitrogen and oxygen atoms in total. The maximum Gasteiger partial charge on any atom is 0.242 e. The minimum Gasteiger partial charge on any atom is -0.378 e. The Labute approximate surface area is 216 Å². The van der Waals surface area contributed by atoms with Crippen molar-refractivity contribution in [3.63, 3.8) is 0 Å². The first kappa shape index (κ1) is 23.7. The number of carbonyl (C=O) groups is 2. The van der Waals surface area contributed by atoms with Crippen molar-refractivity contribution in [3.05, 3.63) is 80.5 Å². The molecule has 1 aromatic heterocycles. The second kappa shape index (κ2) is 9.91. The van der Waals surface area contributed by atoms with Crippen molar-refractivity contribution in [2.75, 3.05) is 31.2 Å². The molecule has 2 atom stereocenters. The van der Waals surface area contributed by atoms with Crippen molar-refractivity contribution < 1.29 is 14.3 Å². The molecule has 1 N–H and O–H groups in total. The Morgan fingerprint density at radius 3 is 2.47 bits per heavy atom. The highest BCUT2D eigenvalue weighted by Crippen LogP contribution is 2.42. The zero-order valence-corrected chi connectivity index (χ0v) is 21.3. The van der Waals surface area contributed by atoms with Crippen molar-refractivity contribution >= 4 is 63.7 Å². The van der Waals surface area contributed by atoms with Gasteiger partial charge in [-0.3, -0.25) is 9.59 Å². The van der Waals surface area contributed by atoms with E-state index in [-0.39, 0.29) is 18.1 Å². The SMILES string of the molecule is O=C1C[C@@](c2ccc(N3CCOCC3)cc2)(c2ccsc2)NC(=O)[C@H]1Sc1cc(Cl)ccc1Cl. The van der Waals surface area contributed by atoms with Crippen LogP contribution in [0.15, 0.2) is 64.2 Å². The summed E-state index contributed by atoms with van der Waals surface area (Å²) in [5.41, 5.74) is 1.98. The van der Waals surface area contributed by atoms with Gasteiger partial charge in [-0.05, 0) is 58.3 Å². The summed E-state index contributed by atoms with van der Waals surface area (Å²) in [6.45, 7) is 3.10. The number of thiophene rings is 1. The predicted molar refractivity (Wildman–Crippen MR) is 138 cm³/mol. The molecule has 34 heavy (non-hydrogen) atoms. The molecule has 2 fully saturated rings. The molecule has 2 saturated heterocycles. The summed E-state index contributed by atoms with van der Waals surface area (Å²) in [5, 5.41) is 7.22. The second-order valence-electron chi connectivity index (χ2n) is 8.27. The zero-order chi connectivity index (χ0) is 23.7. The van der Waals surface area contributed by atoms with Crippen LogP contribution in [0.1, 0.15) is 17.5 Å². The smallest absolute Gasteiger partial charge is 0.242 e. The lowest BCUT2D eigenvalue weighted by Crippen LogP contribution is -2.57. The summed E-state index contributed by atoms with van der Waals surface area (Å²) in [5.74, 6) is -0.478. The van der Waals surface area contributed by atoms with Crippen LogP contribution >= 0.6 is 46.3 Å². The summed E-state index contributed by atoms with van der Waals surface area (Å²) >= 11 is 15.1. The molecule has 0 aliphatic carbocycles. The number of anilines is 1. The molecule has 3 aromatic rings. The number of nitrogens with zero attached hydrogens (tertiary/aromatic N) is 1. The summed E-state index contributed by atoms with van der Waals surface area (Å²) in [7, 11) is 0. The number of rotatable bonds is 5. The maximum absolute atomic E-state index is 13.4. The normalized spacial score (nSPS) is 23.1. The highest BCUT2D eigenvalue weighted by molar-refractivity contribution is 8.01. The van der Waals surface area contributed by atoms with E-state index in [9.17, 15) is 9.59 Å².